The van der Waals surface area contributed by atoms with E-state index in [0.717, 1.165) is 27.9 Å². The molecular formula is C22H21N3O4S. The highest BCUT2D eigenvalue weighted by molar-refractivity contribution is 7.15. The first-order valence-electron chi connectivity index (χ1n) is 9.43. The topological polar surface area (TPSA) is 78.5 Å². The zero-order chi connectivity index (χ0) is 20.9. The van der Waals surface area contributed by atoms with Crippen molar-refractivity contribution in [3.05, 3.63) is 64.7 Å². The number of imidazole rings is 1. The van der Waals surface area contributed by atoms with E-state index in [1.807, 2.05) is 47.0 Å². The van der Waals surface area contributed by atoms with Crippen molar-refractivity contribution in [2.24, 2.45) is 0 Å². The normalized spacial score (nSPS) is 15.1. The molecule has 7 nitrogen and oxygen atoms in total. The third-order valence-electron chi connectivity index (χ3n) is 4.77. The maximum atomic E-state index is 9.53. The van der Waals surface area contributed by atoms with Crippen LogP contribution in [0.5, 0.6) is 11.5 Å². The van der Waals surface area contributed by atoms with E-state index in [4.69, 9.17) is 18.9 Å². The minimum Gasteiger partial charge on any atom is -0.498 e. The van der Waals surface area contributed by atoms with Crippen molar-refractivity contribution in [1.82, 2.24) is 9.55 Å². The average Bonchev–Trinajstić information content (AvgIpc) is 3.39. The van der Waals surface area contributed by atoms with E-state index in [1.165, 1.54) is 11.3 Å². The van der Waals surface area contributed by atoms with Gasteiger partial charge in [0, 0.05) is 25.7 Å². The fourth-order valence-electron chi connectivity index (χ4n) is 3.29. The monoisotopic (exact) mass is 423 g/mol. The molecule has 3 aromatic rings. The Morgan fingerprint density at radius 1 is 1.20 bits per heavy atom. The number of hydrogen-bond donors (Lipinski definition) is 0. The van der Waals surface area contributed by atoms with Crippen molar-refractivity contribution in [3.8, 4) is 22.6 Å². The van der Waals surface area contributed by atoms with E-state index in [0.29, 0.717) is 30.3 Å². The van der Waals surface area contributed by atoms with Gasteiger partial charge in [-0.05, 0) is 12.1 Å². The number of para-hydroxylation sites is 1. The Morgan fingerprint density at radius 3 is 2.73 bits per heavy atom. The smallest absolute Gasteiger partial charge is 0.150 e. The minimum absolute atomic E-state index is 0.167. The van der Waals surface area contributed by atoms with Crippen LogP contribution in [0, 0.1) is 11.3 Å². The van der Waals surface area contributed by atoms with Crippen LogP contribution in [-0.4, -0.2) is 43.1 Å². The van der Waals surface area contributed by atoms with Crippen molar-refractivity contribution < 1.29 is 18.9 Å². The second-order valence-corrected chi connectivity index (χ2v) is 7.56. The van der Waals surface area contributed by atoms with E-state index in [2.05, 4.69) is 11.1 Å². The molecule has 1 atom stereocenters. The van der Waals surface area contributed by atoms with E-state index in [9.17, 15) is 5.26 Å². The summed E-state index contributed by atoms with van der Waals surface area (Å²) in [5.74, 6) is 2.08. The number of thiophene rings is 1. The van der Waals surface area contributed by atoms with E-state index < -0.39 is 0 Å². The molecular weight excluding hydrogens is 402 g/mol. The number of nitrogens with zero attached hydrogens (tertiary/aromatic N) is 3. The number of methoxy groups -OCH3 is 2. The van der Waals surface area contributed by atoms with Crippen LogP contribution in [0.1, 0.15) is 16.3 Å². The molecule has 0 aliphatic heterocycles. The lowest BCUT2D eigenvalue weighted by Crippen LogP contribution is -2.23. The summed E-state index contributed by atoms with van der Waals surface area (Å²) in [5.41, 5.74) is 1.85. The van der Waals surface area contributed by atoms with Gasteiger partial charge >= 0.3 is 0 Å². The molecule has 0 bridgehead atoms. The van der Waals surface area contributed by atoms with Crippen molar-refractivity contribution in [2.45, 2.75) is 12.5 Å². The Morgan fingerprint density at radius 2 is 2.00 bits per heavy atom. The number of benzene rings is 1. The van der Waals surface area contributed by atoms with E-state index >= 15 is 0 Å². The fourth-order valence-corrected chi connectivity index (χ4v) is 4.18. The molecule has 1 unspecified atom stereocenters. The number of rotatable bonds is 8. The van der Waals surface area contributed by atoms with Crippen molar-refractivity contribution in [2.75, 3.05) is 27.4 Å². The Bertz CT molecular complexity index is 1080. The van der Waals surface area contributed by atoms with Gasteiger partial charge in [0.05, 0.1) is 18.5 Å². The summed E-state index contributed by atoms with van der Waals surface area (Å²) >= 11 is 1.36. The van der Waals surface area contributed by atoms with Crippen LogP contribution in [0.3, 0.4) is 0 Å². The predicted molar refractivity (Wildman–Crippen MR) is 113 cm³/mol. The summed E-state index contributed by atoms with van der Waals surface area (Å²) in [7, 11) is 3.29. The van der Waals surface area contributed by atoms with E-state index in [1.54, 1.807) is 20.5 Å². The largest absolute Gasteiger partial charge is 0.498 e. The van der Waals surface area contributed by atoms with E-state index in [-0.39, 0.29) is 6.10 Å². The number of hydrogen-bond acceptors (Lipinski definition) is 7. The number of aromatic nitrogens is 2. The first kappa shape index (κ1) is 20.0. The molecule has 8 heteroatoms. The maximum Gasteiger partial charge on any atom is 0.150 e. The SMILES string of the molecule is COC1=Cc2ncn(-c3cc(OCCOc4ccccc4)c(C#N)s3)c2CC1OC. The number of ether oxygens (including phenoxy) is 4. The summed E-state index contributed by atoms with van der Waals surface area (Å²) in [6.07, 6.45) is 4.11. The van der Waals surface area contributed by atoms with Gasteiger partial charge in [-0.25, -0.2) is 4.98 Å². The second-order valence-electron chi connectivity index (χ2n) is 6.53. The molecule has 0 saturated carbocycles. The molecule has 0 amide bonds. The fraction of sp³-hybridized carbons (Fsp3) is 0.273. The molecule has 1 aromatic carbocycles. The maximum absolute atomic E-state index is 9.53. The van der Waals surface area contributed by atoms with Gasteiger partial charge < -0.3 is 18.9 Å². The van der Waals surface area contributed by atoms with Crippen LogP contribution in [0.4, 0.5) is 0 Å². The van der Waals surface area contributed by atoms with Crippen LogP contribution >= 0.6 is 11.3 Å². The van der Waals surface area contributed by atoms with Gasteiger partial charge in [0.2, 0.25) is 0 Å². The van der Waals surface area contributed by atoms with Gasteiger partial charge in [-0.15, -0.1) is 11.3 Å². The Balaban J connectivity index is 1.49. The highest BCUT2D eigenvalue weighted by Gasteiger charge is 2.27. The molecule has 0 N–H and O–H groups in total. The molecule has 0 saturated heterocycles. The van der Waals surface area contributed by atoms with Crippen molar-refractivity contribution in [1.29, 1.82) is 5.26 Å². The summed E-state index contributed by atoms with van der Waals surface area (Å²) in [5, 5.41) is 10.4. The summed E-state index contributed by atoms with van der Waals surface area (Å²) < 4.78 is 24.4. The number of nitriles is 1. The van der Waals surface area contributed by atoms with Crippen LogP contribution in [0.15, 0.2) is 48.5 Å². The second kappa shape index (κ2) is 9.03. The number of fused-ring (bicyclic) bond motifs is 1. The zero-order valence-electron chi connectivity index (χ0n) is 16.7. The lowest BCUT2D eigenvalue weighted by Gasteiger charge is -2.22. The lowest BCUT2D eigenvalue weighted by molar-refractivity contribution is 0.0784. The lowest BCUT2D eigenvalue weighted by atomic mass is 10.0. The quantitative estimate of drug-likeness (QED) is 0.513. The Kier molecular flexibility index (Phi) is 6.02. The van der Waals surface area contributed by atoms with Gasteiger partial charge in [0.15, 0.2) is 0 Å². The summed E-state index contributed by atoms with van der Waals surface area (Å²) in [6, 6.07) is 13.6. The Labute approximate surface area is 178 Å². The molecule has 2 aromatic heterocycles. The highest BCUT2D eigenvalue weighted by atomic mass is 32.1. The zero-order valence-corrected chi connectivity index (χ0v) is 17.5. The first-order chi connectivity index (χ1) is 14.7. The molecule has 1 aliphatic rings. The van der Waals surface area contributed by atoms with Gasteiger partial charge in [-0.2, -0.15) is 5.26 Å². The molecule has 0 radical (unpaired) electrons. The third kappa shape index (κ3) is 4.03. The summed E-state index contributed by atoms with van der Waals surface area (Å²) in [4.78, 5) is 5.00. The molecule has 0 fully saturated rings. The van der Waals surface area contributed by atoms with Crippen LogP contribution in [-0.2, 0) is 15.9 Å². The highest BCUT2D eigenvalue weighted by Crippen LogP contribution is 2.34. The third-order valence-corrected chi connectivity index (χ3v) is 5.79. The van der Waals surface area contributed by atoms with Gasteiger partial charge in [0.25, 0.3) is 0 Å². The van der Waals surface area contributed by atoms with Crippen molar-refractivity contribution in [3.63, 3.8) is 0 Å². The molecule has 0 spiro atoms. The minimum atomic E-state index is -0.167. The van der Waals surface area contributed by atoms with Crippen LogP contribution < -0.4 is 9.47 Å². The standard InChI is InChI=1S/C22H21N3O4S/c1-26-18-10-16-17(11-19(18)27-2)25(14-24-16)22-12-20(21(13-23)30-22)29-9-8-28-15-6-4-3-5-7-15/h3-7,10,12,14,19H,8-9,11H2,1-2H3. The van der Waals surface area contributed by atoms with Gasteiger partial charge in [-0.1, -0.05) is 18.2 Å². The van der Waals surface area contributed by atoms with Gasteiger partial charge in [-0.3, -0.25) is 4.57 Å². The summed E-state index contributed by atoms with van der Waals surface area (Å²) in [6.45, 7) is 0.730. The molecule has 1 aliphatic carbocycles. The molecule has 30 heavy (non-hydrogen) atoms. The first-order valence-corrected chi connectivity index (χ1v) is 10.2. The van der Waals surface area contributed by atoms with Gasteiger partial charge in [0.1, 0.15) is 58.9 Å². The van der Waals surface area contributed by atoms with Crippen LogP contribution in [0.25, 0.3) is 11.1 Å². The molecule has 4 rings (SSSR count). The molecule has 2 heterocycles. The average molecular weight is 423 g/mol. The Hall–Kier alpha value is -3.28. The molecule has 154 valence electrons. The van der Waals surface area contributed by atoms with Crippen molar-refractivity contribution >= 4 is 17.4 Å². The van der Waals surface area contributed by atoms with Crippen LogP contribution in [0.2, 0.25) is 0 Å². The predicted octanol–water partition coefficient (Wildman–Crippen LogP) is 3.82.